The lowest BCUT2D eigenvalue weighted by atomic mass is 9.98. The highest BCUT2D eigenvalue weighted by Crippen LogP contribution is 2.33. The number of thiazole rings is 1. The van der Waals surface area contributed by atoms with E-state index in [1.165, 1.54) is 11.3 Å². The average Bonchev–Trinajstić information content (AvgIpc) is 3.25. The molecule has 0 aliphatic carbocycles. The van der Waals surface area contributed by atoms with E-state index in [1.54, 1.807) is 0 Å². The summed E-state index contributed by atoms with van der Waals surface area (Å²) in [5, 5.41) is 8.95. The minimum atomic E-state index is -0.831. The zero-order chi connectivity index (χ0) is 20.4. The molecule has 0 atom stereocenters. The molecule has 29 heavy (non-hydrogen) atoms. The molecule has 0 fully saturated rings. The van der Waals surface area contributed by atoms with Crippen LogP contribution < -0.4 is 4.74 Å². The maximum absolute atomic E-state index is 10.9. The fourth-order valence-corrected chi connectivity index (χ4v) is 4.19. The van der Waals surface area contributed by atoms with Gasteiger partial charge in [-0.1, -0.05) is 44.2 Å². The predicted octanol–water partition coefficient (Wildman–Crippen LogP) is 5.39. The third-order valence-electron chi connectivity index (χ3n) is 4.69. The van der Waals surface area contributed by atoms with E-state index in [-0.39, 0.29) is 6.42 Å². The van der Waals surface area contributed by atoms with E-state index in [0.29, 0.717) is 12.5 Å². The molecule has 2 aromatic heterocycles. The number of carbonyl (C=O) groups is 1. The molecule has 0 amide bonds. The van der Waals surface area contributed by atoms with Crippen LogP contribution in [0, 0.1) is 0 Å². The van der Waals surface area contributed by atoms with E-state index < -0.39 is 5.97 Å². The standard InChI is InChI=1S/C23H22N2O3S/c1-15(2)19-10-17(8-9-21(19)28-14-16-6-4-3-5-7-16)20-13-25-12-18(11-22(26)27)29-23(25)24-20/h3-10,12-13,15H,11,14H2,1-2H3,(H,26,27). The first-order valence-corrected chi connectivity index (χ1v) is 10.3. The second-order valence-electron chi connectivity index (χ2n) is 7.27. The maximum atomic E-state index is 10.9. The van der Waals surface area contributed by atoms with Gasteiger partial charge in [-0.3, -0.25) is 9.20 Å². The van der Waals surface area contributed by atoms with Gasteiger partial charge in [0, 0.05) is 22.8 Å². The van der Waals surface area contributed by atoms with Crippen molar-refractivity contribution >= 4 is 22.3 Å². The first-order chi connectivity index (χ1) is 14.0. The Morgan fingerprint density at radius 1 is 1.17 bits per heavy atom. The topological polar surface area (TPSA) is 63.8 Å². The van der Waals surface area contributed by atoms with Crippen LogP contribution in [0.25, 0.3) is 16.2 Å². The molecule has 4 aromatic rings. The van der Waals surface area contributed by atoms with Crippen LogP contribution in [0.4, 0.5) is 0 Å². The van der Waals surface area contributed by atoms with Crippen molar-refractivity contribution < 1.29 is 14.6 Å². The second-order valence-corrected chi connectivity index (χ2v) is 8.36. The van der Waals surface area contributed by atoms with Gasteiger partial charge in [0.25, 0.3) is 0 Å². The van der Waals surface area contributed by atoms with Crippen molar-refractivity contribution in [3.63, 3.8) is 0 Å². The fraction of sp³-hybridized carbons (Fsp3) is 0.217. The number of nitrogens with zero attached hydrogens (tertiary/aromatic N) is 2. The number of imidazole rings is 1. The molecule has 2 heterocycles. The number of benzene rings is 2. The number of hydrogen-bond acceptors (Lipinski definition) is 4. The maximum Gasteiger partial charge on any atom is 0.308 e. The summed E-state index contributed by atoms with van der Waals surface area (Å²) in [4.78, 5) is 17.2. The van der Waals surface area contributed by atoms with E-state index in [9.17, 15) is 4.79 Å². The van der Waals surface area contributed by atoms with Crippen LogP contribution in [0.1, 0.15) is 35.8 Å². The first kappa shape index (κ1) is 19.2. The normalized spacial score (nSPS) is 11.3. The smallest absolute Gasteiger partial charge is 0.308 e. The average molecular weight is 407 g/mol. The number of carboxylic acid groups (broad SMARTS) is 1. The minimum Gasteiger partial charge on any atom is -0.489 e. The summed E-state index contributed by atoms with van der Waals surface area (Å²) in [7, 11) is 0. The van der Waals surface area contributed by atoms with Crippen molar-refractivity contribution in [1.82, 2.24) is 9.38 Å². The van der Waals surface area contributed by atoms with Crippen LogP contribution in [0.5, 0.6) is 5.75 Å². The number of hydrogen-bond donors (Lipinski definition) is 1. The first-order valence-electron chi connectivity index (χ1n) is 9.50. The molecule has 0 radical (unpaired) electrons. The van der Waals surface area contributed by atoms with E-state index in [2.05, 4.69) is 37.0 Å². The molecule has 0 unspecified atom stereocenters. The van der Waals surface area contributed by atoms with Crippen LogP contribution >= 0.6 is 11.3 Å². The predicted molar refractivity (Wildman–Crippen MR) is 115 cm³/mol. The van der Waals surface area contributed by atoms with Gasteiger partial charge in [0.05, 0.1) is 12.1 Å². The van der Waals surface area contributed by atoms with E-state index >= 15 is 0 Å². The number of aliphatic carboxylic acids is 1. The molecule has 1 N–H and O–H groups in total. The molecule has 148 valence electrons. The zero-order valence-electron chi connectivity index (χ0n) is 16.3. The van der Waals surface area contributed by atoms with Gasteiger partial charge in [0.1, 0.15) is 12.4 Å². The summed E-state index contributed by atoms with van der Waals surface area (Å²) in [6.07, 6.45) is 3.81. The van der Waals surface area contributed by atoms with Crippen molar-refractivity contribution in [2.45, 2.75) is 32.8 Å². The lowest BCUT2D eigenvalue weighted by molar-refractivity contribution is -0.136. The van der Waals surface area contributed by atoms with Gasteiger partial charge in [0.2, 0.25) is 0 Å². The molecule has 0 spiro atoms. The van der Waals surface area contributed by atoms with Gasteiger partial charge in [-0.15, -0.1) is 11.3 Å². The summed E-state index contributed by atoms with van der Waals surface area (Å²) >= 11 is 1.41. The van der Waals surface area contributed by atoms with Crippen LogP contribution in [0.3, 0.4) is 0 Å². The van der Waals surface area contributed by atoms with Gasteiger partial charge < -0.3 is 9.84 Å². The Labute approximate surface area is 173 Å². The van der Waals surface area contributed by atoms with Crippen molar-refractivity contribution in [2.75, 3.05) is 0 Å². The second kappa shape index (κ2) is 8.09. The van der Waals surface area contributed by atoms with Crippen molar-refractivity contribution in [3.05, 3.63) is 76.9 Å². The van der Waals surface area contributed by atoms with Crippen LogP contribution in [0.15, 0.2) is 60.9 Å². The van der Waals surface area contributed by atoms with Crippen molar-refractivity contribution in [2.24, 2.45) is 0 Å². The van der Waals surface area contributed by atoms with Gasteiger partial charge in [-0.25, -0.2) is 4.98 Å². The Morgan fingerprint density at radius 3 is 2.66 bits per heavy atom. The number of carboxylic acids is 1. The Hall–Kier alpha value is -3.12. The van der Waals surface area contributed by atoms with Gasteiger partial charge in [-0.2, -0.15) is 0 Å². The Bertz CT molecular complexity index is 1110. The molecule has 0 bridgehead atoms. The Kier molecular flexibility index (Phi) is 5.36. The largest absolute Gasteiger partial charge is 0.489 e. The Balaban J connectivity index is 1.59. The summed E-state index contributed by atoms with van der Waals surface area (Å²) in [5.74, 6) is 0.367. The molecule has 5 nitrogen and oxygen atoms in total. The van der Waals surface area contributed by atoms with E-state index in [0.717, 1.165) is 38.0 Å². The molecular formula is C23H22N2O3S. The quantitative estimate of drug-likeness (QED) is 0.447. The van der Waals surface area contributed by atoms with E-state index in [1.807, 2.05) is 47.1 Å². The number of rotatable bonds is 7. The van der Waals surface area contributed by atoms with Gasteiger partial charge in [0.15, 0.2) is 4.96 Å². The van der Waals surface area contributed by atoms with Gasteiger partial charge in [-0.05, 0) is 35.2 Å². The summed E-state index contributed by atoms with van der Waals surface area (Å²) in [5.41, 5.74) is 4.17. The third kappa shape index (κ3) is 4.32. The molecule has 0 aliphatic heterocycles. The third-order valence-corrected chi connectivity index (χ3v) is 5.69. The number of ether oxygens (including phenoxy) is 1. The molecule has 0 saturated heterocycles. The number of fused-ring (bicyclic) bond motifs is 1. The molecule has 4 rings (SSSR count). The highest BCUT2D eigenvalue weighted by molar-refractivity contribution is 7.17. The SMILES string of the molecule is CC(C)c1cc(-c2cn3cc(CC(=O)O)sc3n2)ccc1OCc1ccccc1. The van der Waals surface area contributed by atoms with Crippen molar-refractivity contribution in [1.29, 1.82) is 0 Å². The molecule has 0 saturated carbocycles. The number of aromatic nitrogens is 2. The summed E-state index contributed by atoms with van der Waals surface area (Å²) in [6.45, 7) is 4.84. The lowest BCUT2D eigenvalue weighted by Crippen LogP contribution is -2.00. The van der Waals surface area contributed by atoms with Gasteiger partial charge >= 0.3 is 5.97 Å². The zero-order valence-corrected chi connectivity index (χ0v) is 17.1. The summed E-state index contributed by atoms with van der Waals surface area (Å²) in [6, 6.07) is 16.3. The summed E-state index contributed by atoms with van der Waals surface area (Å²) < 4.78 is 7.99. The van der Waals surface area contributed by atoms with Crippen LogP contribution in [-0.4, -0.2) is 20.5 Å². The Morgan fingerprint density at radius 2 is 1.97 bits per heavy atom. The molecule has 6 heteroatoms. The molecular weight excluding hydrogens is 384 g/mol. The molecule has 2 aromatic carbocycles. The lowest BCUT2D eigenvalue weighted by Gasteiger charge is -2.15. The highest BCUT2D eigenvalue weighted by Gasteiger charge is 2.14. The van der Waals surface area contributed by atoms with Crippen LogP contribution in [-0.2, 0) is 17.8 Å². The highest BCUT2D eigenvalue weighted by atomic mass is 32.1. The fourth-order valence-electron chi connectivity index (χ4n) is 3.24. The van der Waals surface area contributed by atoms with Crippen molar-refractivity contribution in [3.8, 4) is 17.0 Å². The molecule has 0 aliphatic rings. The van der Waals surface area contributed by atoms with Crippen LogP contribution in [0.2, 0.25) is 0 Å². The minimum absolute atomic E-state index is 0.0221. The van der Waals surface area contributed by atoms with E-state index in [4.69, 9.17) is 9.84 Å². The monoisotopic (exact) mass is 406 g/mol.